The number of hydrogen-bond donors (Lipinski definition) is 0. The summed E-state index contributed by atoms with van der Waals surface area (Å²) in [6.07, 6.45) is 3.55. The largest absolute Gasteiger partial charge is 0.455 e. The molecule has 0 saturated carbocycles. The van der Waals surface area contributed by atoms with Crippen molar-refractivity contribution in [2.24, 2.45) is 0 Å². The highest BCUT2D eigenvalue weighted by atomic mass is 16.3. The fourth-order valence-electron chi connectivity index (χ4n) is 8.27. The average Bonchev–Trinajstić information content (AvgIpc) is 3.65. The van der Waals surface area contributed by atoms with Gasteiger partial charge in [0, 0.05) is 45.1 Å². The van der Waals surface area contributed by atoms with Crippen molar-refractivity contribution in [2.45, 2.75) is 0 Å². The summed E-state index contributed by atoms with van der Waals surface area (Å²) in [7, 11) is 0. The number of nitrogens with zero attached hydrogens (tertiary/aromatic N) is 2. The Morgan fingerprint density at radius 3 is 1.22 bits per heavy atom. The Morgan fingerprint density at radius 1 is 0.273 bits per heavy atom. The minimum Gasteiger partial charge on any atom is -0.455 e. The SMILES string of the molecule is c1ccc(-c2cc(-c3ccccc3)c3oc4c(-c5ccccc5)cc(-c5ccc(-c6ccc7c(c6)c6ccccc6c6nccnc76)cc5)cc4c3c2)cc1. The monoisotopic (exact) mass is 700 g/mol. The molecule has 0 amide bonds. The van der Waals surface area contributed by atoms with E-state index in [0.29, 0.717) is 0 Å². The van der Waals surface area contributed by atoms with Gasteiger partial charge in [-0.2, -0.15) is 0 Å². The van der Waals surface area contributed by atoms with Gasteiger partial charge in [0.2, 0.25) is 0 Å². The molecule has 0 fully saturated rings. The molecule has 2 aromatic heterocycles. The van der Waals surface area contributed by atoms with Crippen molar-refractivity contribution < 1.29 is 4.42 Å². The smallest absolute Gasteiger partial charge is 0.143 e. The predicted octanol–water partition coefficient (Wildman–Crippen LogP) is 14.2. The van der Waals surface area contributed by atoms with E-state index in [2.05, 4.69) is 182 Å². The lowest BCUT2D eigenvalue weighted by molar-refractivity contribution is 0.671. The van der Waals surface area contributed by atoms with Crippen LogP contribution in [0.2, 0.25) is 0 Å². The van der Waals surface area contributed by atoms with Crippen LogP contribution in [0.3, 0.4) is 0 Å². The lowest BCUT2D eigenvalue weighted by Gasteiger charge is -2.12. The summed E-state index contributed by atoms with van der Waals surface area (Å²) in [5.74, 6) is 0. The van der Waals surface area contributed by atoms with Crippen LogP contribution in [0, 0.1) is 0 Å². The normalized spacial score (nSPS) is 11.6. The van der Waals surface area contributed by atoms with E-state index in [1.54, 1.807) is 12.4 Å². The van der Waals surface area contributed by atoms with Crippen molar-refractivity contribution >= 4 is 54.5 Å². The van der Waals surface area contributed by atoms with Gasteiger partial charge in [-0.1, -0.05) is 152 Å². The van der Waals surface area contributed by atoms with Crippen LogP contribution in [0.5, 0.6) is 0 Å². The summed E-state index contributed by atoms with van der Waals surface area (Å²) in [6.45, 7) is 0. The molecule has 0 aliphatic rings. The van der Waals surface area contributed by atoms with Crippen LogP contribution in [-0.2, 0) is 0 Å². The summed E-state index contributed by atoms with van der Waals surface area (Å²) < 4.78 is 6.97. The highest BCUT2D eigenvalue weighted by molar-refractivity contribution is 6.23. The van der Waals surface area contributed by atoms with E-state index in [9.17, 15) is 0 Å². The van der Waals surface area contributed by atoms with Crippen LogP contribution in [0.1, 0.15) is 0 Å². The third kappa shape index (κ3) is 5.20. The topological polar surface area (TPSA) is 38.9 Å². The lowest BCUT2D eigenvalue weighted by Crippen LogP contribution is -1.89. The number of fused-ring (bicyclic) bond motifs is 9. The van der Waals surface area contributed by atoms with Crippen LogP contribution in [-0.4, -0.2) is 9.97 Å². The van der Waals surface area contributed by atoms with E-state index in [4.69, 9.17) is 14.4 Å². The van der Waals surface area contributed by atoms with Gasteiger partial charge in [0.25, 0.3) is 0 Å². The molecule has 3 nitrogen and oxygen atoms in total. The minimum atomic E-state index is 0.893. The third-order valence-corrected chi connectivity index (χ3v) is 10.9. The molecule has 0 aliphatic carbocycles. The summed E-state index contributed by atoms with van der Waals surface area (Å²) in [5, 5.41) is 6.80. The molecule has 0 unspecified atom stereocenters. The van der Waals surface area contributed by atoms with Gasteiger partial charge in [-0.3, -0.25) is 9.97 Å². The van der Waals surface area contributed by atoms with Gasteiger partial charge in [-0.05, 0) is 85.6 Å². The first kappa shape index (κ1) is 31.2. The maximum atomic E-state index is 6.97. The zero-order valence-electron chi connectivity index (χ0n) is 29.8. The highest BCUT2D eigenvalue weighted by Gasteiger charge is 2.20. The first-order valence-electron chi connectivity index (χ1n) is 18.6. The third-order valence-electron chi connectivity index (χ3n) is 10.9. The van der Waals surface area contributed by atoms with Crippen molar-refractivity contribution in [1.82, 2.24) is 9.97 Å². The van der Waals surface area contributed by atoms with Crippen LogP contribution >= 0.6 is 0 Å². The molecule has 0 saturated heterocycles. The van der Waals surface area contributed by atoms with E-state index in [-0.39, 0.29) is 0 Å². The number of rotatable bonds is 5. The number of furan rings is 1. The molecule has 0 atom stereocenters. The van der Waals surface area contributed by atoms with Crippen molar-refractivity contribution in [3.63, 3.8) is 0 Å². The van der Waals surface area contributed by atoms with Crippen LogP contribution in [0.25, 0.3) is 110 Å². The van der Waals surface area contributed by atoms with Gasteiger partial charge in [0.15, 0.2) is 0 Å². The quantitative estimate of drug-likeness (QED) is 0.168. The Morgan fingerprint density at radius 2 is 0.673 bits per heavy atom. The molecule has 3 heteroatoms. The van der Waals surface area contributed by atoms with E-state index in [0.717, 1.165) is 93.8 Å². The number of benzene rings is 9. The zero-order valence-corrected chi connectivity index (χ0v) is 29.8. The molecule has 0 bridgehead atoms. The summed E-state index contributed by atoms with van der Waals surface area (Å²) >= 11 is 0. The minimum absolute atomic E-state index is 0.893. The Kier molecular flexibility index (Phi) is 7.17. The maximum Gasteiger partial charge on any atom is 0.143 e. The van der Waals surface area contributed by atoms with E-state index in [1.807, 2.05) is 0 Å². The molecule has 11 aromatic rings. The van der Waals surface area contributed by atoms with Crippen LogP contribution in [0.15, 0.2) is 199 Å². The number of aromatic nitrogens is 2. The van der Waals surface area contributed by atoms with E-state index in [1.165, 1.54) is 16.3 Å². The highest BCUT2D eigenvalue weighted by Crippen LogP contribution is 2.44. The van der Waals surface area contributed by atoms with Gasteiger partial charge in [0.05, 0.1) is 11.0 Å². The van der Waals surface area contributed by atoms with Gasteiger partial charge >= 0.3 is 0 Å². The van der Waals surface area contributed by atoms with Crippen molar-refractivity contribution in [3.05, 3.63) is 194 Å². The second-order valence-corrected chi connectivity index (χ2v) is 14.1. The molecule has 11 rings (SSSR count). The molecule has 55 heavy (non-hydrogen) atoms. The van der Waals surface area contributed by atoms with Crippen molar-refractivity contribution in [3.8, 4) is 55.6 Å². The van der Waals surface area contributed by atoms with Gasteiger partial charge in [-0.15, -0.1) is 0 Å². The van der Waals surface area contributed by atoms with Gasteiger partial charge < -0.3 is 4.42 Å². The van der Waals surface area contributed by atoms with E-state index >= 15 is 0 Å². The van der Waals surface area contributed by atoms with Crippen LogP contribution < -0.4 is 0 Å². The molecule has 0 N–H and O–H groups in total. The Hall–Kier alpha value is -7.36. The Labute approximate surface area is 317 Å². The van der Waals surface area contributed by atoms with Crippen molar-refractivity contribution in [2.75, 3.05) is 0 Å². The summed E-state index contributed by atoms with van der Waals surface area (Å²) in [4.78, 5) is 9.45. The second-order valence-electron chi connectivity index (χ2n) is 14.1. The molecule has 0 radical (unpaired) electrons. The summed E-state index contributed by atoms with van der Waals surface area (Å²) in [5.41, 5.74) is 15.0. The average molecular weight is 701 g/mol. The molecular formula is C52H32N2O. The molecule has 9 aromatic carbocycles. The zero-order chi connectivity index (χ0) is 36.3. The first-order chi connectivity index (χ1) is 27.3. The summed E-state index contributed by atoms with van der Waals surface area (Å²) in [6, 6.07) is 65.1. The molecule has 2 heterocycles. The fourth-order valence-corrected chi connectivity index (χ4v) is 8.27. The Bertz CT molecular complexity index is 3190. The van der Waals surface area contributed by atoms with Crippen molar-refractivity contribution in [1.29, 1.82) is 0 Å². The van der Waals surface area contributed by atoms with Gasteiger partial charge in [0.1, 0.15) is 11.2 Å². The molecule has 0 aliphatic heterocycles. The van der Waals surface area contributed by atoms with E-state index < -0.39 is 0 Å². The molecule has 256 valence electrons. The first-order valence-corrected chi connectivity index (χ1v) is 18.6. The molecular weight excluding hydrogens is 669 g/mol. The lowest BCUT2D eigenvalue weighted by atomic mass is 9.92. The second kappa shape index (κ2) is 12.6. The Balaban J connectivity index is 1.09. The van der Waals surface area contributed by atoms with Crippen LogP contribution in [0.4, 0.5) is 0 Å². The standard InChI is InChI=1S/C52H32N2O/c1-4-12-33(13-5-1)39-29-44(36-14-6-2-7-15-36)51-47(31-39)48-32-40(30-45(52(48)55-51)37-16-8-3-9-17-37)35-22-20-34(21-23-35)38-24-25-43-46(28-38)41-18-10-11-19-42(41)49-50(43)54-27-26-53-49/h1-32H. The maximum absolute atomic E-state index is 6.97. The predicted molar refractivity (Wildman–Crippen MR) is 229 cm³/mol. The fraction of sp³-hybridized carbons (Fsp3) is 0. The van der Waals surface area contributed by atoms with Gasteiger partial charge in [-0.25, -0.2) is 0 Å². The number of hydrogen-bond acceptors (Lipinski definition) is 3. The molecule has 0 spiro atoms.